The van der Waals surface area contributed by atoms with E-state index in [1.165, 1.54) is 0 Å². The van der Waals surface area contributed by atoms with Crippen LogP contribution >= 0.6 is 0 Å². The maximum atomic E-state index is 14.2. The van der Waals surface area contributed by atoms with Crippen molar-refractivity contribution < 1.29 is 21.9 Å². The van der Waals surface area contributed by atoms with Gasteiger partial charge in [-0.1, -0.05) is 6.07 Å². The van der Waals surface area contributed by atoms with E-state index in [9.17, 15) is 17.2 Å². The van der Waals surface area contributed by atoms with Crippen LogP contribution in [0.15, 0.2) is 47.6 Å². The molecule has 152 valence electrons. The average molecular weight is 411 g/mol. The Hall–Kier alpha value is -1.94. The van der Waals surface area contributed by atoms with E-state index >= 15 is 0 Å². The van der Waals surface area contributed by atoms with Crippen molar-refractivity contribution in [1.29, 1.82) is 0 Å². The number of morpholine rings is 1. The minimum atomic E-state index is -4.34. The number of rotatable bonds is 8. The second-order valence-corrected chi connectivity index (χ2v) is 8.43. The molecule has 0 radical (unpaired) electrons. The lowest BCUT2D eigenvalue weighted by molar-refractivity contribution is 0.0368. The highest BCUT2D eigenvalue weighted by molar-refractivity contribution is 7.89. The van der Waals surface area contributed by atoms with Gasteiger partial charge in [0.15, 0.2) is 4.90 Å². The van der Waals surface area contributed by atoms with Crippen molar-refractivity contribution in [3.05, 3.63) is 59.9 Å². The van der Waals surface area contributed by atoms with Crippen LogP contribution in [0, 0.1) is 11.6 Å². The highest BCUT2D eigenvalue weighted by Gasteiger charge is 2.30. The number of benzene rings is 1. The number of halogens is 2. The van der Waals surface area contributed by atoms with Crippen molar-refractivity contribution in [1.82, 2.24) is 14.2 Å². The van der Waals surface area contributed by atoms with Gasteiger partial charge in [-0.15, -0.1) is 0 Å². The molecule has 0 unspecified atom stereocenters. The summed E-state index contributed by atoms with van der Waals surface area (Å²) in [5.74, 6) is -2.18. The molecule has 0 bridgehead atoms. The smallest absolute Gasteiger partial charge is 0.249 e. The lowest BCUT2D eigenvalue weighted by Crippen LogP contribution is -2.39. The van der Waals surface area contributed by atoms with E-state index in [1.807, 2.05) is 0 Å². The van der Waals surface area contributed by atoms with Crippen molar-refractivity contribution in [3.8, 4) is 0 Å². The minimum absolute atomic E-state index is 0.0156. The first-order valence-electron chi connectivity index (χ1n) is 9.11. The van der Waals surface area contributed by atoms with E-state index in [-0.39, 0.29) is 13.1 Å². The Morgan fingerprint density at radius 2 is 1.71 bits per heavy atom. The van der Waals surface area contributed by atoms with Gasteiger partial charge in [0.25, 0.3) is 0 Å². The van der Waals surface area contributed by atoms with Crippen molar-refractivity contribution >= 4 is 10.0 Å². The van der Waals surface area contributed by atoms with Gasteiger partial charge in [-0.3, -0.25) is 9.88 Å². The average Bonchev–Trinajstić information content (AvgIpc) is 2.68. The third-order valence-corrected chi connectivity index (χ3v) is 6.51. The van der Waals surface area contributed by atoms with Crippen LogP contribution in [-0.2, 0) is 21.3 Å². The van der Waals surface area contributed by atoms with Crippen molar-refractivity contribution in [2.45, 2.75) is 17.9 Å². The molecule has 6 nitrogen and oxygen atoms in total. The summed E-state index contributed by atoms with van der Waals surface area (Å²) >= 11 is 0. The minimum Gasteiger partial charge on any atom is -0.379 e. The normalized spacial score (nSPS) is 15.8. The van der Waals surface area contributed by atoms with Gasteiger partial charge in [-0.25, -0.2) is 17.2 Å². The Bertz CT molecular complexity index is 855. The molecular weight excluding hydrogens is 388 g/mol. The molecule has 2 heterocycles. The predicted octanol–water partition coefficient (Wildman–Crippen LogP) is 2.27. The molecular formula is C19H23F2N3O3S. The van der Waals surface area contributed by atoms with Gasteiger partial charge >= 0.3 is 0 Å². The van der Waals surface area contributed by atoms with Gasteiger partial charge in [0, 0.05) is 38.6 Å². The van der Waals surface area contributed by atoms with Crippen LogP contribution in [0.3, 0.4) is 0 Å². The van der Waals surface area contributed by atoms with E-state index in [4.69, 9.17) is 4.74 Å². The number of sulfonamides is 1. The van der Waals surface area contributed by atoms with Crippen LogP contribution < -0.4 is 0 Å². The summed E-state index contributed by atoms with van der Waals surface area (Å²) in [5, 5.41) is 0. The van der Waals surface area contributed by atoms with Crippen LogP contribution in [0.2, 0.25) is 0 Å². The highest BCUT2D eigenvalue weighted by Crippen LogP contribution is 2.24. The molecule has 1 aromatic carbocycles. The quantitative estimate of drug-likeness (QED) is 0.667. The Morgan fingerprint density at radius 3 is 2.36 bits per heavy atom. The zero-order valence-electron chi connectivity index (χ0n) is 15.4. The van der Waals surface area contributed by atoms with Crippen LogP contribution in [0.25, 0.3) is 0 Å². The fraction of sp³-hybridized carbons (Fsp3) is 0.421. The third kappa shape index (κ3) is 5.11. The topological polar surface area (TPSA) is 62.7 Å². The van der Waals surface area contributed by atoms with E-state index < -0.39 is 26.6 Å². The first-order chi connectivity index (χ1) is 13.5. The lowest BCUT2D eigenvalue weighted by Gasteiger charge is -2.28. The number of ether oxygens (including phenoxy) is 1. The molecule has 28 heavy (non-hydrogen) atoms. The molecule has 1 aliphatic heterocycles. The molecule has 0 N–H and O–H groups in total. The molecule has 0 saturated carbocycles. The maximum absolute atomic E-state index is 14.2. The number of nitrogens with zero attached hydrogens (tertiary/aromatic N) is 3. The number of pyridine rings is 1. The van der Waals surface area contributed by atoms with E-state index in [0.29, 0.717) is 31.7 Å². The van der Waals surface area contributed by atoms with Crippen molar-refractivity contribution in [3.63, 3.8) is 0 Å². The van der Waals surface area contributed by atoms with Crippen LogP contribution in [0.4, 0.5) is 8.78 Å². The zero-order chi connectivity index (χ0) is 20.0. The van der Waals surface area contributed by atoms with Gasteiger partial charge in [-0.05, 0) is 42.8 Å². The molecule has 0 amide bonds. The highest BCUT2D eigenvalue weighted by atomic mass is 32.2. The summed E-state index contributed by atoms with van der Waals surface area (Å²) in [4.78, 5) is 5.20. The Kier molecular flexibility index (Phi) is 7.06. The second kappa shape index (κ2) is 9.51. The fourth-order valence-corrected chi connectivity index (χ4v) is 4.71. The summed E-state index contributed by atoms with van der Waals surface area (Å²) < 4.78 is 60.9. The summed E-state index contributed by atoms with van der Waals surface area (Å²) in [6, 6.07) is 6.42. The molecule has 2 aromatic rings. The van der Waals surface area contributed by atoms with Gasteiger partial charge in [0.1, 0.15) is 11.6 Å². The zero-order valence-corrected chi connectivity index (χ0v) is 16.2. The Labute approximate surface area is 163 Å². The molecule has 9 heteroatoms. The van der Waals surface area contributed by atoms with Gasteiger partial charge < -0.3 is 4.74 Å². The second-order valence-electron chi connectivity index (χ2n) is 6.55. The molecule has 1 aliphatic rings. The summed E-state index contributed by atoms with van der Waals surface area (Å²) in [6.45, 7) is 3.74. The Balaban J connectivity index is 1.80. The Morgan fingerprint density at radius 1 is 1.07 bits per heavy atom. The molecule has 1 saturated heterocycles. The molecule has 1 fully saturated rings. The number of aromatic nitrogens is 1. The van der Waals surface area contributed by atoms with Crippen LogP contribution in [0.5, 0.6) is 0 Å². The van der Waals surface area contributed by atoms with E-state index in [0.717, 1.165) is 35.6 Å². The number of hydrogen-bond acceptors (Lipinski definition) is 5. The summed E-state index contributed by atoms with van der Waals surface area (Å²) in [6.07, 6.45) is 3.65. The first kappa shape index (κ1) is 20.8. The fourth-order valence-electron chi connectivity index (χ4n) is 3.13. The monoisotopic (exact) mass is 411 g/mol. The van der Waals surface area contributed by atoms with Crippen LogP contribution in [-0.4, -0.2) is 62.0 Å². The molecule has 0 atom stereocenters. The maximum Gasteiger partial charge on any atom is 0.249 e. The standard InChI is InChI=1S/C19H23F2N3O3S/c20-17-3-1-4-18(21)19(17)28(25,26)24(15-16-5-7-22-8-6-16)10-2-9-23-11-13-27-14-12-23/h1,3-8H,2,9-15H2. The largest absolute Gasteiger partial charge is 0.379 e. The number of hydrogen-bond donors (Lipinski definition) is 0. The molecule has 0 spiro atoms. The summed E-state index contributed by atoms with van der Waals surface area (Å²) in [7, 11) is -4.34. The van der Waals surface area contributed by atoms with E-state index in [2.05, 4.69) is 9.88 Å². The first-order valence-corrected chi connectivity index (χ1v) is 10.6. The van der Waals surface area contributed by atoms with Gasteiger partial charge in [0.2, 0.25) is 10.0 Å². The van der Waals surface area contributed by atoms with Crippen molar-refractivity contribution in [2.75, 3.05) is 39.4 Å². The van der Waals surface area contributed by atoms with Crippen molar-refractivity contribution in [2.24, 2.45) is 0 Å². The predicted molar refractivity (Wildman–Crippen MR) is 100 cm³/mol. The van der Waals surface area contributed by atoms with Gasteiger partial charge in [0.05, 0.1) is 13.2 Å². The van der Waals surface area contributed by atoms with Gasteiger partial charge in [-0.2, -0.15) is 4.31 Å². The van der Waals surface area contributed by atoms with E-state index in [1.54, 1.807) is 24.5 Å². The lowest BCUT2D eigenvalue weighted by atomic mass is 10.2. The molecule has 3 rings (SSSR count). The molecule has 1 aromatic heterocycles. The summed E-state index contributed by atoms with van der Waals surface area (Å²) in [5.41, 5.74) is 0.696. The SMILES string of the molecule is O=S(=O)(c1c(F)cccc1F)N(CCCN1CCOCC1)Cc1ccncc1. The third-order valence-electron chi connectivity index (χ3n) is 4.61. The molecule has 0 aliphatic carbocycles. The van der Waals surface area contributed by atoms with Crippen LogP contribution in [0.1, 0.15) is 12.0 Å².